The lowest BCUT2D eigenvalue weighted by molar-refractivity contribution is 1.14. The summed E-state index contributed by atoms with van der Waals surface area (Å²) < 4.78 is 0. The third kappa shape index (κ3) is 4.05. The molecular formula is C8H10N6O2. The molecule has 0 aliphatic carbocycles. The Balaban J connectivity index is 0.000000160. The highest BCUT2D eigenvalue weighted by atomic mass is 16.1. The van der Waals surface area contributed by atoms with Crippen LogP contribution in [0.5, 0.6) is 0 Å². The lowest BCUT2D eigenvalue weighted by atomic mass is 10.7. The van der Waals surface area contributed by atoms with Crippen molar-refractivity contribution >= 4 is 11.9 Å². The number of hydrogen-bond acceptors (Lipinski definition) is 6. The van der Waals surface area contributed by atoms with Crippen molar-refractivity contribution in [2.75, 3.05) is 11.5 Å². The van der Waals surface area contributed by atoms with E-state index in [-0.39, 0.29) is 23.0 Å². The van der Waals surface area contributed by atoms with Gasteiger partial charge in [0.15, 0.2) is 11.9 Å². The molecule has 0 bridgehead atoms. The summed E-state index contributed by atoms with van der Waals surface area (Å²) in [5.74, 6) is 0.301. The van der Waals surface area contributed by atoms with Crippen molar-refractivity contribution in [2.45, 2.75) is 0 Å². The van der Waals surface area contributed by atoms with Crippen LogP contribution in [0.1, 0.15) is 0 Å². The van der Waals surface area contributed by atoms with Gasteiger partial charge in [-0.2, -0.15) is 0 Å². The number of nitrogen functional groups attached to an aromatic ring is 2. The maximum atomic E-state index is 10.3. The second-order valence-corrected chi connectivity index (χ2v) is 2.64. The van der Waals surface area contributed by atoms with Gasteiger partial charge in [-0.15, -0.1) is 0 Å². The fraction of sp³-hybridized carbons (Fsp3) is 0. The topological polar surface area (TPSA) is 144 Å². The van der Waals surface area contributed by atoms with E-state index in [2.05, 4.69) is 19.9 Å². The Kier molecular flexibility index (Phi) is 3.78. The summed E-state index contributed by atoms with van der Waals surface area (Å²) in [6.07, 6.45) is 2.71. The molecule has 2 aromatic rings. The first kappa shape index (κ1) is 11.4. The van der Waals surface area contributed by atoms with Crippen molar-refractivity contribution in [1.82, 2.24) is 19.9 Å². The Hall–Kier alpha value is -2.64. The van der Waals surface area contributed by atoms with Crippen LogP contribution in [0.4, 0.5) is 11.9 Å². The minimum atomic E-state index is -0.225. The van der Waals surface area contributed by atoms with Crippen LogP contribution in [0.15, 0.2) is 34.1 Å². The van der Waals surface area contributed by atoms with Crippen molar-refractivity contribution in [2.24, 2.45) is 0 Å². The van der Waals surface area contributed by atoms with E-state index in [9.17, 15) is 9.59 Å². The second-order valence-electron chi connectivity index (χ2n) is 2.64. The van der Waals surface area contributed by atoms with Gasteiger partial charge in [-0.25, -0.2) is 9.97 Å². The van der Waals surface area contributed by atoms with Crippen LogP contribution in [0.3, 0.4) is 0 Å². The monoisotopic (exact) mass is 222 g/mol. The molecule has 8 nitrogen and oxygen atoms in total. The molecule has 2 heterocycles. The van der Waals surface area contributed by atoms with Crippen molar-refractivity contribution in [3.63, 3.8) is 0 Å². The largest absolute Gasteiger partial charge is 0.369 e. The fourth-order valence-corrected chi connectivity index (χ4v) is 0.771. The Bertz CT molecular complexity index is 509. The first-order valence-corrected chi connectivity index (χ1v) is 4.19. The third-order valence-electron chi connectivity index (χ3n) is 1.38. The van der Waals surface area contributed by atoms with Crippen molar-refractivity contribution in [3.8, 4) is 0 Å². The summed E-state index contributed by atoms with van der Waals surface area (Å²) in [5.41, 5.74) is 9.73. The Morgan fingerprint density at radius 1 is 0.875 bits per heavy atom. The molecule has 8 heteroatoms. The quantitative estimate of drug-likeness (QED) is 0.436. The normalized spacial score (nSPS) is 9.00. The molecule has 0 amide bonds. The van der Waals surface area contributed by atoms with Crippen molar-refractivity contribution in [3.05, 3.63) is 45.2 Å². The van der Waals surface area contributed by atoms with Crippen molar-refractivity contribution in [1.29, 1.82) is 0 Å². The van der Waals surface area contributed by atoms with Gasteiger partial charge in [-0.05, 0) is 0 Å². The summed E-state index contributed by atoms with van der Waals surface area (Å²) in [5, 5.41) is 0. The van der Waals surface area contributed by atoms with Crippen LogP contribution in [-0.2, 0) is 0 Å². The Labute approximate surface area is 89.4 Å². The van der Waals surface area contributed by atoms with Gasteiger partial charge in [0.1, 0.15) is 0 Å². The van der Waals surface area contributed by atoms with Gasteiger partial charge >= 0.3 is 0 Å². The molecule has 2 rings (SSSR count). The molecule has 84 valence electrons. The van der Waals surface area contributed by atoms with Crippen LogP contribution in [0, 0.1) is 0 Å². The van der Waals surface area contributed by atoms with Gasteiger partial charge in [-0.3, -0.25) is 19.6 Å². The maximum Gasteiger partial charge on any atom is 0.252 e. The molecule has 6 N–H and O–H groups in total. The molecule has 0 atom stereocenters. The van der Waals surface area contributed by atoms with Crippen LogP contribution in [-0.4, -0.2) is 19.9 Å². The van der Waals surface area contributed by atoms with Gasteiger partial charge in [0.25, 0.3) is 11.1 Å². The lowest BCUT2D eigenvalue weighted by Gasteiger charge is -1.84. The number of hydrogen-bond donors (Lipinski definition) is 4. The first-order chi connectivity index (χ1) is 7.58. The standard InChI is InChI=1S/2C4H5N3O/c2*5-4-6-2-1-3(8)7-4/h2*1-2H,(H3,5,6,7,8). The molecule has 0 saturated heterocycles. The van der Waals surface area contributed by atoms with E-state index in [4.69, 9.17) is 11.5 Å². The molecule has 0 spiro atoms. The number of H-pyrrole nitrogens is 2. The average Bonchev–Trinajstić information content (AvgIpc) is 2.17. The molecule has 0 aromatic carbocycles. The summed E-state index contributed by atoms with van der Waals surface area (Å²) in [7, 11) is 0. The van der Waals surface area contributed by atoms with Gasteiger partial charge in [-0.1, -0.05) is 0 Å². The molecule has 0 aliphatic rings. The molecule has 0 unspecified atom stereocenters. The molecule has 0 fully saturated rings. The number of anilines is 2. The van der Waals surface area contributed by atoms with E-state index in [0.717, 1.165) is 0 Å². The average molecular weight is 222 g/mol. The number of nitrogens with one attached hydrogen (secondary N) is 2. The molecule has 2 aromatic heterocycles. The number of aromatic nitrogens is 4. The minimum absolute atomic E-state index is 0.150. The van der Waals surface area contributed by atoms with Gasteiger partial charge in [0, 0.05) is 24.5 Å². The van der Waals surface area contributed by atoms with Crippen LogP contribution in [0.25, 0.3) is 0 Å². The molecule has 0 saturated carbocycles. The molecule has 0 radical (unpaired) electrons. The predicted molar refractivity (Wildman–Crippen MR) is 58.5 cm³/mol. The lowest BCUT2D eigenvalue weighted by Crippen LogP contribution is -2.07. The number of nitrogens with zero attached hydrogens (tertiary/aromatic N) is 2. The number of rotatable bonds is 0. The zero-order valence-electron chi connectivity index (χ0n) is 8.18. The fourth-order valence-electron chi connectivity index (χ4n) is 0.771. The zero-order chi connectivity index (χ0) is 12.0. The van der Waals surface area contributed by atoms with Gasteiger partial charge < -0.3 is 11.5 Å². The van der Waals surface area contributed by atoms with E-state index in [1.54, 1.807) is 0 Å². The van der Waals surface area contributed by atoms with Crippen LogP contribution < -0.4 is 22.6 Å². The Morgan fingerprint density at radius 3 is 1.44 bits per heavy atom. The first-order valence-electron chi connectivity index (χ1n) is 4.19. The van der Waals surface area contributed by atoms with Crippen LogP contribution in [0.2, 0.25) is 0 Å². The highest BCUT2D eigenvalue weighted by Crippen LogP contribution is 1.77. The van der Waals surface area contributed by atoms with Crippen molar-refractivity contribution < 1.29 is 0 Å². The zero-order valence-corrected chi connectivity index (χ0v) is 8.18. The number of aromatic amines is 2. The van der Waals surface area contributed by atoms with E-state index in [0.29, 0.717) is 0 Å². The van der Waals surface area contributed by atoms with E-state index < -0.39 is 0 Å². The predicted octanol–water partition coefficient (Wildman–Crippen LogP) is -1.30. The summed E-state index contributed by atoms with van der Waals surface area (Å²) >= 11 is 0. The highest BCUT2D eigenvalue weighted by molar-refractivity contribution is 5.11. The van der Waals surface area contributed by atoms with Crippen LogP contribution >= 0.6 is 0 Å². The number of nitrogens with two attached hydrogens (primary N) is 2. The summed E-state index contributed by atoms with van der Waals surface area (Å²) in [4.78, 5) is 32.3. The van der Waals surface area contributed by atoms with Gasteiger partial charge in [0.05, 0.1) is 0 Å². The maximum absolute atomic E-state index is 10.3. The highest BCUT2D eigenvalue weighted by Gasteiger charge is 1.81. The van der Waals surface area contributed by atoms with Gasteiger partial charge in [0.2, 0.25) is 0 Å². The second kappa shape index (κ2) is 5.29. The summed E-state index contributed by atoms with van der Waals surface area (Å²) in [6.45, 7) is 0. The molecule has 0 aliphatic heterocycles. The molecular weight excluding hydrogens is 212 g/mol. The Morgan fingerprint density at radius 2 is 1.25 bits per heavy atom. The van der Waals surface area contributed by atoms with E-state index >= 15 is 0 Å². The third-order valence-corrected chi connectivity index (χ3v) is 1.38. The van der Waals surface area contributed by atoms with E-state index in [1.807, 2.05) is 0 Å². The minimum Gasteiger partial charge on any atom is -0.369 e. The smallest absolute Gasteiger partial charge is 0.252 e. The summed E-state index contributed by atoms with van der Waals surface area (Å²) in [6, 6.07) is 2.60. The SMILES string of the molecule is Nc1nccc(=O)[nH]1.Nc1nccc(=O)[nH]1. The van der Waals surface area contributed by atoms with E-state index in [1.165, 1.54) is 24.5 Å². The molecule has 16 heavy (non-hydrogen) atoms.